The molecule has 1 fully saturated rings. The number of nitrogens with zero attached hydrogens (tertiary/aromatic N) is 4. The van der Waals surface area contributed by atoms with Gasteiger partial charge < -0.3 is 35.1 Å². The molecule has 4 heterocycles. The summed E-state index contributed by atoms with van der Waals surface area (Å²) in [6.07, 6.45) is 7.14. The van der Waals surface area contributed by atoms with Crippen molar-refractivity contribution in [3.05, 3.63) is 72.3 Å². The molecule has 0 spiro atoms. The Labute approximate surface area is 232 Å². The molecule has 1 aromatic carbocycles. The summed E-state index contributed by atoms with van der Waals surface area (Å²) in [5.41, 5.74) is 4.62. The third-order valence-corrected chi connectivity index (χ3v) is 6.80. The van der Waals surface area contributed by atoms with Gasteiger partial charge in [0.1, 0.15) is 5.82 Å². The van der Waals surface area contributed by atoms with E-state index in [1.54, 1.807) is 43.3 Å². The number of morpholine rings is 1. The molecular formula is C29H33N7O4. The number of aliphatic hydroxyl groups is 1. The van der Waals surface area contributed by atoms with E-state index in [0.29, 0.717) is 43.4 Å². The number of pyridine rings is 2. The molecule has 3 aromatic heterocycles. The van der Waals surface area contributed by atoms with Gasteiger partial charge in [-0.25, -0.2) is 14.8 Å². The van der Waals surface area contributed by atoms with Crippen LogP contribution in [0.4, 0.5) is 22.0 Å². The fraction of sp³-hybridized carbons (Fsp3) is 0.310. The quantitative estimate of drug-likeness (QED) is 0.279. The van der Waals surface area contributed by atoms with Crippen LogP contribution in [0, 0.1) is 6.92 Å². The Morgan fingerprint density at radius 2 is 1.90 bits per heavy atom. The Hall–Kier alpha value is -4.48. The van der Waals surface area contributed by atoms with Gasteiger partial charge in [-0.15, -0.1) is 0 Å². The molecule has 5 rings (SSSR count). The highest BCUT2D eigenvalue weighted by molar-refractivity contribution is 5.94. The number of aromatic nitrogens is 3. The van der Waals surface area contributed by atoms with Crippen molar-refractivity contribution < 1.29 is 19.4 Å². The maximum absolute atomic E-state index is 12.8. The molecular weight excluding hydrogens is 510 g/mol. The zero-order valence-corrected chi connectivity index (χ0v) is 22.8. The molecule has 0 saturated carbocycles. The second kappa shape index (κ2) is 11.3. The fourth-order valence-corrected chi connectivity index (χ4v) is 4.54. The van der Waals surface area contributed by atoms with Crippen LogP contribution in [-0.4, -0.2) is 74.8 Å². The van der Waals surface area contributed by atoms with Gasteiger partial charge in [-0.3, -0.25) is 4.79 Å². The van der Waals surface area contributed by atoms with Crippen molar-refractivity contribution in [3.8, 4) is 11.1 Å². The van der Waals surface area contributed by atoms with Gasteiger partial charge in [0.25, 0.3) is 5.91 Å². The van der Waals surface area contributed by atoms with Crippen molar-refractivity contribution in [2.45, 2.75) is 26.3 Å². The molecule has 0 bridgehead atoms. The smallest absolute Gasteiger partial charge is 0.319 e. The number of ether oxygens (including phenoxy) is 1. The number of amides is 3. The third kappa shape index (κ3) is 5.90. The number of carbonyl (C=O) groups excluding carboxylic acids is 2. The second-order valence-corrected chi connectivity index (χ2v) is 10.4. The van der Waals surface area contributed by atoms with Gasteiger partial charge in [0.15, 0.2) is 5.65 Å². The number of hydrogen-bond donors (Lipinski definition) is 4. The molecule has 208 valence electrons. The number of aliphatic hydroxyl groups excluding tert-OH is 1. The van der Waals surface area contributed by atoms with Gasteiger partial charge in [-0.1, -0.05) is 12.1 Å². The summed E-state index contributed by atoms with van der Waals surface area (Å²) in [5.74, 6) is 0.522. The van der Waals surface area contributed by atoms with E-state index in [2.05, 4.69) is 25.9 Å². The lowest BCUT2D eigenvalue weighted by molar-refractivity contribution is 0.0302. The molecule has 1 saturated heterocycles. The number of fused-ring (bicyclic) bond motifs is 1. The summed E-state index contributed by atoms with van der Waals surface area (Å²) in [7, 11) is 0. The predicted octanol–water partition coefficient (Wildman–Crippen LogP) is 3.81. The van der Waals surface area contributed by atoms with Gasteiger partial charge in [0, 0.05) is 49.1 Å². The van der Waals surface area contributed by atoms with Crippen LogP contribution in [0.3, 0.4) is 0 Å². The molecule has 4 aromatic rings. The lowest BCUT2D eigenvalue weighted by atomic mass is 10.00. The van der Waals surface area contributed by atoms with Crippen LogP contribution in [0.25, 0.3) is 16.8 Å². The van der Waals surface area contributed by atoms with Crippen molar-refractivity contribution in [2.75, 3.05) is 43.5 Å². The van der Waals surface area contributed by atoms with E-state index in [-0.39, 0.29) is 12.5 Å². The van der Waals surface area contributed by atoms with E-state index in [1.165, 1.54) is 0 Å². The summed E-state index contributed by atoms with van der Waals surface area (Å²) < 4.78 is 7.26. The minimum Gasteiger partial charge on any atom is -0.394 e. The normalized spacial score (nSPS) is 13.8. The van der Waals surface area contributed by atoms with Crippen molar-refractivity contribution in [2.24, 2.45) is 0 Å². The Kier molecular flexibility index (Phi) is 7.67. The summed E-state index contributed by atoms with van der Waals surface area (Å²) in [5, 5.41) is 18.5. The van der Waals surface area contributed by atoms with Crippen LogP contribution in [0.2, 0.25) is 0 Å². The fourth-order valence-electron chi connectivity index (χ4n) is 4.54. The molecule has 0 radical (unpaired) electrons. The topological polar surface area (TPSA) is 133 Å². The lowest BCUT2D eigenvalue weighted by Crippen LogP contribution is -2.48. The maximum atomic E-state index is 12.8. The highest BCUT2D eigenvalue weighted by atomic mass is 16.5. The summed E-state index contributed by atoms with van der Waals surface area (Å²) in [6, 6.07) is 10.8. The van der Waals surface area contributed by atoms with E-state index in [9.17, 15) is 14.7 Å². The molecule has 11 nitrogen and oxygen atoms in total. The molecule has 40 heavy (non-hydrogen) atoms. The maximum Gasteiger partial charge on any atom is 0.319 e. The molecule has 11 heteroatoms. The number of imidazole rings is 1. The number of hydrogen-bond acceptors (Lipinski definition) is 7. The molecule has 0 atom stereocenters. The van der Waals surface area contributed by atoms with Gasteiger partial charge in [0.05, 0.1) is 36.6 Å². The minimum atomic E-state index is -0.745. The molecule has 3 amide bonds. The number of benzene rings is 1. The van der Waals surface area contributed by atoms with E-state index in [1.807, 2.05) is 48.0 Å². The average molecular weight is 544 g/mol. The van der Waals surface area contributed by atoms with Crippen molar-refractivity contribution in [3.63, 3.8) is 0 Å². The van der Waals surface area contributed by atoms with E-state index in [4.69, 9.17) is 4.74 Å². The highest BCUT2D eigenvalue weighted by Crippen LogP contribution is 2.32. The van der Waals surface area contributed by atoms with Crippen LogP contribution in [0.1, 0.15) is 29.8 Å². The van der Waals surface area contributed by atoms with Crippen molar-refractivity contribution >= 4 is 34.8 Å². The van der Waals surface area contributed by atoms with Crippen LogP contribution in [0.15, 0.2) is 61.2 Å². The van der Waals surface area contributed by atoms with Crippen LogP contribution in [-0.2, 0) is 4.74 Å². The first-order chi connectivity index (χ1) is 19.2. The van der Waals surface area contributed by atoms with Crippen molar-refractivity contribution in [1.82, 2.24) is 24.6 Å². The van der Waals surface area contributed by atoms with Gasteiger partial charge in [0.2, 0.25) is 0 Å². The zero-order valence-electron chi connectivity index (χ0n) is 22.8. The van der Waals surface area contributed by atoms with Crippen LogP contribution in [0.5, 0.6) is 0 Å². The Bertz CT molecular complexity index is 1530. The molecule has 1 aliphatic rings. The monoisotopic (exact) mass is 543 g/mol. The first kappa shape index (κ1) is 27.1. The number of carbonyl (C=O) groups is 2. The van der Waals surface area contributed by atoms with Crippen molar-refractivity contribution in [1.29, 1.82) is 0 Å². The Morgan fingerprint density at radius 1 is 1.10 bits per heavy atom. The second-order valence-electron chi connectivity index (χ2n) is 10.4. The van der Waals surface area contributed by atoms with Crippen LogP contribution < -0.4 is 16.0 Å². The van der Waals surface area contributed by atoms with E-state index in [0.717, 1.165) is 28.0 Å². The Morgan fingerprint density at radius 3 is 2.62 bits per heavy atom. The first-order valence-corrected chi connectivity index (χ1v) is 13.1. The third-order valence-electron chi connectivity index (χ3n) is 6.80. The van der Waals surface area contributed by atoms with E-state index < -0.39 is 11.6 Å². The van der Waals surface area contributed by atoms with Gasteiger partial charge in [-0.2, -0.15) is 0 Å². The predicted molar refractivity (Wildman–Crippen MR) is 153 cm³/mol. The molecule has 0 unspecified atom stereocenters. The lowest BCUT2D eigenvalue weighted by Gasteiger charge is -2.26. The first-order valence-electron chi connectivity index (χ1n) is 13.1. The summed E-state index contributed by atoms with van der Waals surface area (Å²) in [6.45, 7) is 7.49. The van der Waals surface area contributed by atoms with Gasteiger partial charge >= 0.3 is 6.03 Å². The zero-order chi connectivity index (χ0) is 28.3. The summed E-state index contributed by atoms with van der Waals surface area (Å²) >= 11 is 0. The molecule has 4 N–H and O–H groups in total. The van der Waals surface area contributed by atoms with Gasteiger partial charge in [-0.05, 0) is 56.2 Å². The Balaban J connectivity index is 1.39. The number of anilines is 3. The molecule has 0 aliphatic carbocycles. The molecule has 1 aliphatic heterocycles. The van der Waals surface area contributed by atoms with Crippen LogP contribution >= 0.6 is 0 Å². The largest absolute Gasteiger partial charge is 0.394 e. The van der Waals surface area contributed by atoms with E-state index >= 15 is 0 Å². The average Bonchev–Trinajstić information content (AvgIpc) is 3.44. The standard InChI is InChI=1S/C29H33N7O4/c1-19-22(5-4-6-23(19)33-28(39)34-29(2,3)18-37)21-15-24(26-30-9-10-36(26)17-21)32-25-8-7-20(16-31-25)27(38)35-11-13-40-14-12-35/h4-10,15-17,37H,11-14,18H2,1-3H3,(H,31,32)(H2,33,34,39). The highest BCUT2D eigenvalue weighted by Gasteiger charge is 2.21. The number of rotatable bonds is 7. The number of nitrogens with one attached hydrogen (secondary N) is 3. The summed E-state index contributed by atoms with van der Waals surface area (Å²) in [4.78, 5) is 36.1. The SMILES string of the molecule is Cc1c(NC(=O)NC(C)(C)CO)cccc1-c1cc(Nc2ccc(C(=O)N3CCOCC3)cn2)c2nccn2c1. The number of urea groups is 1. The minimum absolute atomic E-state index is 0.0578.